The third kappa shape index (κ3) is 7.83. The van der Waals surface area contributed by atoms with Gasteiger partial charge < -0.3 is 20.1 Å². The summed E-state index contributed by atoms with van der Waals surface area (Å²) in [6.45, 7) is 1.34. The minimum absolute atomic E-state index is 0.0214. The Kier molecular flexibility index (Phi) is 11.4. The Bertz CT molecular complexity index is 965. The van der Waals surface area contributed by atoms with E-state index in [0.29, 0.717) is 27.8 Å². The van der Waals surface area contributed by atoms with Crippen molar-refractivity contribution in [2.45, 2.75) is 63.4 Å². The van der Waals surface area contributed by atoms with Crippen molar-refractivity contribution in [3.05, 3.63) is 55.7 Å². The average molecular weight is 578 g/mol. The van der Waals surface area contributed by atoms with E-state index in [-0.39, 0.29) is 37.0 Å². The fraction of sp³-hybridized carbons (Fsp3) is 0.593. The SMILES string of the molecule is CCC(CO)(CO)COC(=O)c1ccc(CCC[C@@H]2[C@@H](CCc3cc(Cl)cc(Cl)c3)[C@H](O)C[C@H]2Cl)s1. The summed E-state index contributed by atoms with van der Waals surface area (Å²) >= 11 is 20.3. The van der Waals surface area contributed by atoms with E-state index in [4.69, 9.17) is 39.5 Å². The molecule has 1 aromatic heterocycles. The lowest BCUT2D eigenvalue weighted by molar-refractivity contribution is -0.0174. The number of esters is 1. The lowest BCUT2D eigenvalue weighted by Crippen LogP contribution is -2.35. The van der Waals surface area contributed by atoms with E-state index in [2.05, 4.69) is 0 Å². The lowest BCUT2D eigenvalue weighted by Gasteiger charge is -2.27. The van der Waals surface area contributed by atoms with Crippen LogP contribution in [0.25, 0.3) is 0 Å². The first-order chi connectivity index (χ1) is 17.2. The summed E-state index contributed by atoms with van der Waals surface area (Å²) in [5.74, 6) is -0.0947. The summed E-state index contributed by atoms with van der Waals surface area (Å²) in [6.07, 6.45) is 4.92. The molecular weight excluding hydrogens is 543 g/mol. The molecule has 9 heteroatoms. The van der Waals surface area contributed by atoms with Crippen molar-refractivity contribution in [2.24, 2.45) is 17.3 Å². The number of alkyl halides is 1. The van der Waals surface area contributed by atoms with Gasteiger partial charge in [-0.05, 0) is 92.7 Å². The smallest absolute Gasteiger partial charge is 0.348 e. The zero-order chi connectivity index (χ0) is 26.3. The van der Waals surface area contributed by atoms with Crippen LogP contribution in [0, 0.1) is 17.3 Å². The van der Waals surface area contributed by atoms with Crippen LogP contribution in [-0.4, -0.2) is 52.6 Å². The molecule has 0 aliphatic heterocycles. The van der Waals surface area contributed by atoms with Crippen molar-refractivity contribution in [2.75, 3.05) is 19.8 Å². The molecule has 1 saturated carbocycles. The fourth-order valence-electron chi connectivity index (χ4n) is 4.91. The van der Waals surface area contributed by atoms with Gasteiger partial charge in [0.1, 0.15) is 11.5 Å². The number of thiophene rings is 1. The number of halogens is 3. The van der Waals surface area contributed by atoms with Gasteiger partial charge >= 0.3 is 5.97 Å². The van der Waals surface area contributed by atoms with Crippen LogP contribution in [-0.2, 0) is 17.6 Å². The van der Waals surface area contributed by atoms with Gasteiger partial charge in [0.25, 0.3) is 0 Å². The molecular formula is C27H35Cl3O5S. The van der Waals surface area contributed by atoms with Crippen LogP contribution >= 0.6 is 46.1 Å². The summed E-state index contributed by atoms with van der Waals surface area (Å²) in [6, 6.07) is 9.24. The second-order valence-electron chi connectivity index (χ2n) is 9.87. The van der Waals surface area contributed by atoms with E-state index in [1.165, 1.54) is 11.3 Å². The molecule has 1 fully saturated rings. The molecule has 0 bridgehead atoms. The first-order valence-electron chi connectivity index (χ1n) is 12.4. The van der Waals surface area contributed by atoms with Crippen molar-refractivity contribution in [1.29, 1.82) is 0 Å². The Balaban J connectivity index is 1.50. The number of aliphatic hydroxyl groups excluding tert-OH is 3. The number of carbonyl (C=O) groups excluding carboxylic acids is 1. The molecule has 1 heterocycles. The van der Waals surface area contributed by atoms with E-state index >= 15 is 0 Å². The van der Waals surface area contributed by atoms with Crippen molar-refractivity contribution in [3.63, 3.8) is 0 Å². The molecule has 3 rings (SSSR count). The Morgan fingerprint density at radius 2 is 1.78 bits per heavy atom. The van der Waals surface area contributed by atoms with Gasteiger partial charge in [-0.15, -0.1) is 22.9 Å². The number of ether oxygens (including phenoxy) is 1. The first-order valence-corrected chi connectivity index (χ1v) is 14.5. The van der Waals surface area contributed by atoms with Gasteiger partial charge in [-0.3, -0.25) is 0 Å². The van der Waals surface area contributed by atoms with Gasteiger partial charge in [-0.25, -0.2) is 4.79 Å². The van der Waals surface area contributed by atoms with E-state index in [1.54, 1.807) is 12.1 Å². The molecule has 3 N–H and O–H groups in total. The molecule has 5 nitrogen and oxygen atoms in total. The van der Waals surface area contributed by atoms with Gasteiger partial charge in [0, 0.05) is 20.3 Å². The molecule has 4 atom stereocenters. The molecule has 0 unspecified atom stereocenters. The van der Waals surface area contributed by atoms with Crippen LogP contribution in [0.3, 0.4) is 0 Å². The molecule has 0 amide bonds. The molecule has 0 spiro atoms. The lowest BCUT2D eigenvalue weighted by atomic mass is 9.85. The highest BCUT2D eigenvalue weighted by atomic mass is 35.5. The summed E-state index contributed by atoms with van der Waals surface area (Å²) in [5.41, 5.74) is 0.249. The molecule has 200 valence electrons. The maximum atomic E-state index is 12.5. The van der Waals surface area contributed by atoms with Crippen LogP contribution in [0.4, 0.5) is 0 Å². The minimum atomic E-state index is -0.810. The third-order valence-electron chi connectivity index (χ3n) is 7.42. The van der Waals surface area contributed by atoms with Gasteiger partial charge in [-0.1, -0.05) is 30.1 Å². The number of benzene rings is 1. The van der Waals surface area contributed by atoms with Crippen molar-refractivity contribution in [1.82, 2.24) is 0 Å². The molecule has 0 radical (unpaired) electrons. The first kappa shape index (κ1) is 29.7. The highest BCUT2D eigenvalue weighted by molar-refractivity contribution is 7.13. The van der Waals surface area contributed by atoms with Crippen molar-refractivity contribution in [3.8, 4) is 0 Å². The number of hydrogen-bond acceptors (Lipinski definition) is 6. The van der Waals surface area contributed by atoms with Crippen LogP contribution in [0.5, 0.6) is 0 Å². The van der Waals surface area contributed by atoms with Crippen LogP contribution in [0.2, 0.25) is 10.0 Å². The van der Waals surface area contributed by atoms with E-state index < -0.39 is 17.5 Å². The molecule has 36 heavy (non-hydrogen) atoms. The summed E-state index contributed by atoms with van der Waals surface area (Å²) in [7, 11) is 0. The summed E-state index contributed by atoms with van der Waals surface area (Å²) in [4.78, 5) is 14.0. The van der Waals surface area contributed by atoms with Crippen molar-refractivity contribution >= 4 is 52.1 Å². The molecule has 1 aromatic carbocycles. The largest absolute Gasteiger partial charge is 0.461 e. The molecule has 0 saturated heterocycles. The quantitative estimate of drug-likeness (QED) is 0.196. The van der Waals surface area contributed by atoms with Gasteiger partial charge in [0.05, 0.1) is 24.7 Å². The van der Waals surface area contributed by atoms with Crippen LogP contribution in [0.1, 0.15) is 59.1 Å². The van der Waals surface area contributed by atoms with Gasteiger partial charge in [0.2, 0.25) is 0 Å². The molecule has 1 aliphatic carbocycles. The van der Waals surface area contributed by atoms with Gasteiger partial charge in [-0.2, -0.15) is 0 Å². The number of aliphatic hydroxyl groups is 3. The topological polar surface area (TPSA) is 87.0 Å². The minimum Gasteiger partial charge on any atom is -0.461 e. The highest BCUT2D eigenvalue weighted by Gasteiger charge is 2.40. The molecule has 2 aromatic rings. The monoisotopic (exact) mass is 576 g/mol. The van der Waals surface area contributed by atoms with Crippen molar-refractivity contribution < 1.29 is 24.9 Å². The van der Waals surface area contributed by atoms with E-state index in [1.807, 2.05) is 25.1 Å². The zero-order valence-corrected chi connectivity index (χ0v) is 23.6. The Hall–Kier alpha value is -0.860. The number of aryl methyl sites for hydroxylation is 2. The van der Waals surface area contributed by atoms with Crippen LogP contribution in [0.15, 0.2) is 30.3 Å². The third-order valence-corrected chi connectivity index (χ3v) is 9.48. The highest BCUT2D eigenvalue weighted by Crippen LogP contribution is 2.42. The average Bonchev–Trinajstić information content (AvgIpc) is 3.42. The second-order valence-corrected chi connectivity index (χ2v) is 12.5. The molecule has 1 aliphatic rings. The number of hydrogen-bond donors (Lipinski definition) is 3. The van der Waals surface area contributed by atoms with Crippen LogP contribution < -0.4 is 0 Å². The maximum absolute atomic E-state index is 12.5. The standard InChI is InChI=1S/C27H35Cl3O5S/c1-2-27(14-31,15-32)16-35-26(34)25-9-7-20(36-25)4-3-5-21-22(24(33)13-23(21)30)8-6-17-10-18(28)12-19(29)11-17/h7,9-12,21-24,31-33H,2-6,8,13-16H2,1H3/t21-,22-,23-,24-/m1/s1. The zero-order valence-electron chi connectivity index (χ0n) is 20.5. The second kappa shape index (κ2) is 13.8. The number of carbonyl (C=O) groups is 1. The Morgan fingerprint density at radius 1 is 1.08 bits per heavy atom. The Morgan fingerprint density at radius 3 is 2.42 bits per heavy atom. The Labute approximate surface area is 232 Å². The predicted octanol–water partition coefficient (Wildman–Crippen LogP) is 6.15. The number of rotatable bonds is 13. The predicted molar refractivity (Wildman–Crippen MR) is 146 cm³/mol. The van der Waals surface area contributed by atoms with E-state index in [9.17, 15) is 20.1 Å². The van der Waals surface area contributed by atoms with Gasteiger partial charge in [0.15, 0.2) is 0 Å². The summed E-state index contributed by atoms with van der Waals surface area (Å²) in [5, 5.41) is 30.9. The van der Waals surface area contributed by atoms with E-state index in [0.717, 1.165) is 42.5 Å². The summed E-state index contributed by atoms with van der Waals surface area (Å²) < 4.78 is 5.37. The normalized spacial score (nSPS) is 22.2. The fourth-order valence-corrected chi connectivity index (χ4v) is 6.92. The maximum Gasteiger partial charge on any atom is 0.348 e.